The molecule has 2 nitrogen and oxygen atoms in total. The van der Waals surface area contributed by atoms with Crippen LogP contribution in [0.25, 0.3) is 0 Å². The molecule has 1 fully saturated rings. The van der Waals surface area contributed by atoms with E-state index in [0.29, 0.717) is 5.41 Å². The topological polar surface area (TPSA) is 29.3 Å². The summed E-state index contributed by atoms with van der Waals surface area (Å²) in [4.78, 5) is 2.54. The molecule has 0 aliphatic carbocycles. The summed E-state index contributed by atoms with van der Waals surface area (Å²) in [6.07, 6.45) is 3.71. The van der Waals surface area contributed by atoms with Crippen LogP contribution in [-0.4, -0.2) is 24.5 Å². The molecule has 1 aromatic carbocycles. The van der Waals surface area contributed by atoms with Crippen molar-refractivity contribution in [3.05, 3.63) is 35.4 Å². The van der Waals surface area contributed by atoms with Gasteiger partial charge >= 0.3 is 0 Å². The van der Waals surface area contributed by atoms with Crippen LogP contribution in [0.4, 0.5) is 0 Å². The third-order valence-electron chi connectivity index (χ3n) is 5.08. The lowest BCUT2D eigenvalue weighted by molar-refractivity contribution is 0.108. The van der Waals surface area contributed by atoms with Crippen LogP contribution in [0.3, 0.4) is 0 Å². The minimum absolute atomic E-state index is 0.141. The number of nitrogens with two attached hydrogens (primary N) is 1. The molecule has 0 spiro atoms. The summed E-state index contributed by atoms with van der Waals surface area (Å²) >= 11 is 0. The van der Waals surface area contributed by atoms with Crippen molar-refractivity contribution in [3.8, 4) is 0 Å². The second kappa shape index (κ2) is 6.93. The van der Waals surface area contributed by atoms with Crippen LogP contribution in [0.2, 0.25) is 0 Å². The first-order valence-corrected chi connectivity index (χ1v) is 8.47. The van der Waals surface area contributed by atoms with Gasteiger partial charge in [0.1, 0.15) is 0 Å². The fourth-order valence-corrected chi connectivity index (χ4v) is 3.37. The van der Waals surface area contributed by atoms with Crippen molar-refractivity contribution in [2.75, 3.05) is 19.6 Å². The molecule has 1 unspecified atom stereocenters. The van der Waals surface area contributed by atoms with Gasteiger partial charge < -0.3 is 10.6 Å². The fraction of sp³-hybridized carbons (Fsp3) is 0.684. The molecule has 2 rings (SSSR count). The van der Waals surface area contributed by atoms with E-state index in [1.165, 1.54) is 37.1 Å². The zero-order valence-corrected chi connectivity index (χ0v) is 14.2. The van der Waals surface area contributed by atoms with Crippen LogP contribution in [0.15, 0.2) is 24.3 Å². The van der Waals surface area contributed by atoms with E-state index in [1.54, 1.807) is 0 Å². The first-order valence-electron chi connectivity index (χ1n) is 8.47. The third-order valence-corrected chi connectivity index (χ3v) is 5.08. The Balaban J connectivity index is 1.85. The number of likely N-dealkylation sites (tertiary alicyclic amines) is 1. The Morgan fingerprint density at radius 3 is 2.19 bits per heavy atom. The SMILES string of the molecule is CCc1ccc(C(N)CN2CCC(C(C)(C)C)CC2)cc1. The van der Waals surface area contributed by atoms with Crippen LogP contribution >= 0.6 is 0 Å². The average Bonchev–Trinajstić information content (AvgIpc) is 2.47. The molecule has 0 bridgehead atoms. The van der Waals surface area contributed by atoms with Gasteiger partial charge in [-0.1, -0.05) is 52.0 Å². The van der Waals surface area contributed by atoms with Crippen molar-refractivity contribution >= 4 is 0 Å². The van der Waals surface area contributed by atoms with Crippen molar-refractivity contribution in [1.29, 1.82) is 0 Å². The number of aryl methyl sites for hydroxylation is 1. The van der Waals surface area contributed by atoms with Crippen LogP contribution in [0, 0.1) is 11.3 Å². The molecule has 1 aromatic rings. The maximum Gasteiger partial charge on any atom is 0.0424 e. The molecule has 1 atom stereocenters. The van der Waals surface area contributed by atoms with Crippen molar-refractivity contribution in [2.45, 2.75) is 53.0 Å². The van der Waals surface area contributed by atoms with E-state index in [4.69, 9.17) is 5.73 Å². The van der Waals surface area contributed by atoms with Crippen LogP contribution in [0.1, 0.15) is 57.7 Å². The molecule has 1 aliphatic rings. The van der Waals surface area contributed by atoms with E-state index in [1.807, 2.05) is 0 Å². The van der Waals surface area contributed by atoms with Gasteiger partial charge in [0.15, 0.2) is 0 Å². The first kappa shape index (κ1) is 16.5. The highest BCUT2D eigenvalue weighted by Crippen LogP contribution is 2.34. The van der Waals surface area contributed by atoms with Crippen LogP contribution in [-0.2, 0) is 6.42 Å². The number of hydrogen-bond acceptors (Lipinski definition) is 2. The summed E-state index contributed by atoms with van der Waals surface area (Å²) in [7, 11) is 0. The number of hydrogen-bond donors (Lipinski definition) is 1. The largest absolute Gasteiger partial charge is 0.323 e. The molecule has 118 valence electrons. The molecule has 0 saturated carbocycles. The molecule has 0 aromatic heterocycles. The monoisotopic (exact) mass is 288 g/mol. The summed E-state index contributed by atoms with van der Waals surface area (Å²) in [5.74, 6) is 0.855. The lowest BCUT2D eigenvalue weighted by Gasteiger charge is -2.39. The minimum atomic E-state index is 0.141. The quantitative estimate of drug-likeness (QED) is 0.907. The zero-order chi connectivity index (χ0) is 15.5. The van der Waals surface area contributed by atoms with Crippen molar-refractivity contribution in [1.82, 2.24) is 4.90 Å². The molecule has 1 heterocycles. The van der Waals surface area contributed by atoms with Crippen molar-refractivity contribution in [3.63, 3.8) is 0 Å². The van der Waals surface area contributed by atoms with Gasteiger partial charge in [-0.2, -0.15) is 0 Å². The van der Waals surface area contributed by atoms with Gasteiger partial charge in [0.25, 0.3) is 0 Å². The van der Waals surface area contributed by atoms with E-state index in [9.17, 15) is 0 Å². The lowest BCUT2D eigenvalue weighted by Crippen LogP contribution is -2.41. The summed E-state index contributed by atoms with van der Waals surface area (Å²) in [5, 5.41) is 0. The Morgan fingerprint density at radius 2 is 1.71 bits per heavy atom. The highest BCUT2D eigenvalue weighted by molar-refractivity contribution is 5.25. The second-order valence-electron chi connectivity index (χ2n) is 7.64. The predicted octanol–water partition coefficient (Wildman–Crippen LogP) is 4.01. The Bertz CT molecular complexity index is 422. The summed E-state index contributed by atoms with van der Waals surface area (Å²) in [5.41, 5.74) is 9.50. The summed E-state index contributed by atoms with van der Waals surface area (Å²) in [6, 6.07) is 8.96. The highest BCUT2D eigenvalue weighted by Gasteiger charge is 2.29. The molecule has 21 heavy (non-hydrogen) atoms. The molecular weight excluding hydrogens is 256 g/mol. The Labute approximate surface area is 130 Å². The van der Waals surface area contributed by atoms with E-state index < -0.39 is 0 Å². The van der Waals surface area contributed by atoms with Gasteiger partial charge in [-0.3, -0.25) is 0 Å². The predicted molar refractivity (Wildman–Crippen MR) is 91.4 cm³/mol. The molecular formula is C19H32N2. The molecule has 1 aliphatic heterocycles. The van der Waals surface area contributed by atoms with Gasteiger partial charge in [-0.05, 0) is 54.8 Å². The maximum atomic E-state index is 6.40. The van der Waals surface area contributed by atoms with E-state index in [0.717, 1.165) is 18.9 Å². The second-order valence-corrected chi connectivity index (χ2v) is 7.64. The van der Waals surface area contributed by atoms with Gasteiger partial charge in [0, 0.05) is 12.6 Å². The number of piperidine rings is 1. The van der Waals surface area contributed by atoms with E-state index >= 15 is 0 Å². The van der Waals surface area contributed by atoms with Crippen molar-refractivity contribution < 1.29 is 0 Å². The highest BCUT2D eigenvalue weighted by atomic mass is 15.1. The molecule has 1 saturated heterocycles. The number of rotatable bonds is 4. The Hall–Kier alpha value is -0.860. The lowest BCUT2D eigenvalue weighted by atomic mass is 9.75. The van der Waals surface area contributed by atoms with Gasteiger partial charge in [-0.15, -0.1) is 0 Å². The normalized spacial score (nSPS) is 19.7. The number of benzene rings is 1. The van der Waals surface area contributed by atoms with E-state index in [-0.39, 0.29) is 6.04 Å². The van der Waals surface area contributed by atoms with Gasteiger partial charge in [0.2, 0.25) is 0 Å². The Kier molecular flexibility index (Phi) is 5.45. The molecule has 2 heteroatoms. The summed E-state index contributed by atoms with van der Waals surface area (Å²) in [6.45, 7) is 12.7. The van der Waals surface area contributed by atoms with Gasteiger partial charge in [-0.25, -0.2) is 0 Å². The fourth-order valence-electron chi connectivity index (χ4n) is 3.37. The molecule has 0 radical (unpaired) electrons. The number of nitrogens with zero attached hydrogens (tertiary/aromatic N) is 1. The smallest absolute Gasteiger partial charge is 0.0424 e. The third kappa shape index (κ3) is 4.55. The molecule has 0 amide bonds. The van der Waals surface area contributed by atoms with Crippen molar-refractivity contribution in [2.24, 2.45) is 17.1 Å². The standard InChI is InChI=1S/C19H32N2/c1-5-15-6-8-16(9-7-15)18(20)14-21-12-10-17(11-13-21)19(2,3)4/h6-9,17-18H,5,10-14,20H2,1-4H3. The van der Waals surface area contributed by atoms with Gasteiger partial charge in [0.05, 0.1) is 0 Å². The molecule has 2 N–H and O–H groups in total. The van der Waals surface area contributed by atoms with Crippen LogP contribution < -0.4 is 5.73 Å². The Morgan fingerprint density at radius 1 is 1.14 bits per heavy atom. The first-order chi connectivity index (χ1) is 9.90. The minimum Gasteiger partial charge on any atom is -0.323 e. The van der Waals surface area contributed by atoms with E-state index in [2.05, 4.69) is 56.9 Å². The zero-order valence-electron chi connectivity index (χ0n) is 14.2. The maximum absolute atomic E-state index is 6.40. The average molecular weight is 288 g/mol. The summed E-state index contributed by atoms with van der Waals surface area (Å²) < 4.78 is 0. The van der Waals surface area contributed by atoms with Crippen LogP contribution in [0.5, 0.6) is 0 Å².